The van der Waals surface area contributed by atoms with Crippen molar-refractivity contribution in [2.24, 2.45) is 17.3 Å². The number of nitrogens with zero attached hydrogens (tertiary/aromatic N) is 1. The third-order valence-electron chi connectivity index (χ3n) is 4.82. The molecule has 4 nitrogen and oxygen atoms in total. The second kappa shape index (κ2) is 6.40. The van der Waals surface area contributed by atoms with E-state index in [-0.39, 0.29) is 12.3 Å². The molecule has 1 aliphatic heterocycles. The van der Waals surface area contributed by atoms with Crippen molar-refractivity contribution in [2.75, 3.05) is 13.1 Å². The molecule has 110 valence electrons. The zero-order valence-electron chi connectivity index (χ0n) is 12.6. The fourth-order valence-electron chi connectivity index (χ4n) is 2.84. The first-order chi connectivity index (χ1) is 8.86. The minimum Gasteiger partial charge on any atom is -0.481 e. The number of carbonyl (C=O) groups excluding carboxylic acids is 1. The van der Waals surface area contributed by atoms with Crippen molar-refractivity contribution in [1.29, 1.82) is 0 Å². The maximum absolute atomic E-state index is 12.3. The number of rotatable bonds is 6. The van der Waals surface area contributed by atoms with Gasteiger partial charge in [0.05, 0.1) is 5.41 Å². The van der Waals surface area contributed by atoms with Crippen molar-refractivity contribution in [1.82, 2.24) is 4.90 Å². The van der Waals surface area contributed by atoms with Crippen LogP contribution < -0.4 is 0 Å². The lowest BCUT2D eigenvalue weighted by molar-refractivity contribution is -0.154. The molecule has 1 atom stereocenters. The number of carbonyl (C=O) groups is 2. The predicted octanol–water partition coefficient (Wildman–Crippen LogP) is 2.77. The normalized spacial score (nSPS) is 20.1. The van der Waals surface area contributed by atoms with E-state index >= 15 is 0 Å². The fraction of sp³-hybridized carbons (Fsp3) is 0.867. The van der Waals surface area contributed by atoms with Gasteiger partial charge in [-0.3, -0.25) is 9.59 Å². The first kappa shape index (κ1) is 16.0. The molecule has 0 radical (unpaired) electrons. The monoisotopic (exact) mass is 269 g/mol. The number of aliphatic carboxylic acids is 1. The molecule has 1 N–H and O–H groups in total. The maximum atomic E-state index is 12.3. The quantitative estimate of drug-likeness (QED) is 0.806. The Kier molecular flexibility index (Phi) is 5.39. The average Bonchev–Trinajstić information content (AvgIpc) is 2.85. The SMILES string of the molecule is CCC(CC)(CC(=O)N1CCC(C(C)C)C1)C(=O)O. The minimum atomic E-state index is -0.882. The minimum absolute atomic E-state index is 0.00856. The van der Waals surface area contributed by atoms with E-state index in [1.807, 2.05) is 18.7 Å². The summed E-state index contributed by atoms with van der Waals surface area (Å²) in [6.07, 6.45) is 2.19. The van der Waals surface area contributed by atoms with Gasteiger partial charge in [-0.25, -0.2) is 0 Å². The van der Waals surface area contributed by atoms with E-state index in [1.165, 1.54) is 0 Å². The molecule has 1 rings (SSSR count). The molecule has 0 aliphatic carbocycles. The Balaban J connectivity index is 2.67. The molecule has 0 aromatic rings. The molecule has 1 aliphatic rings. The van der Waals surface area contributed by atoms with Crippen molar-refractivity contribution in [3.05, 3.63) is 0 Å². The van der Waals surface area contributed by atoms with Gasteiger partial charge in [0.25, 0.3) is 0 Å². The standard InChI is InChI=1S/C15H27NO3/c1-5-15(6-2,14(18)19)9-13(17)16-8-7-12(10-16)11(3)4/h11-12H,5-10H2,1-4H3,(H,18,19). The molecule has 0 aromatic carbocycles. The number of carboxylic acid groups (broad SMARTS) is 1. The van der Waals surface area contributed by atoms with Crippen molar-refractivity contribution in [3.8, 4) is 0 Å². The van der Waals surface area contributed by atoms with Gasteiger partial charge in [-0.1, -0.05) is 27.7 Å². The summed E-state index contributed by atoms with van der Waals surface area (Å²) >= 11 is 0. The molecule has 0 spiro atoms. The molecular weight excluding hydrogens is 242 g/mol. The molecule has 1 unspecified atom stereocenters. The van der Waals surface area contributed by atoms with Gasteiger partial charge in [0.15, 0.2) is 0 Å². The van der Waals surface area contributed by atoms with Crippen LogP contribution in [0.2, 0.25) is 0 Å². The van der Waals surface area contributed by atoms with E-state index in [9.17, 15) is 14.7 Å². The summed E-state index contributed by atoms with van der Waals surface area (Å²) in [5.74, 6) is 0.311. The Morgan fingerprint density at radius 2 is 1.89 bits per heavy atom. The second-order valence-corrected chi connectivity index (χ2v) is 6.10. The number of likely N-dealkylation sites (tertiary alicyclic amines) is 1. The molecule has 19 heavy (non-hydrogen) atoms. The van der Waals surface area contributed by atoms with Crippen LogP contribution >= 0.6 is 0 Å². The highest BCUT2D eigenvalue weighted by molar-refractivity contribution is 5.85. The Morgan fingerprint density at radius 1 is 1.32 bits per heavy atom. The second-order valence-electron chi connectivity index (χ2n) is 6.10. The van der Waals surface area contributed by atoms with Crippen molar-refractivity contribution in [3.63, 3.8) is 0 Å². The summed E-state index contributed by atoms with van der Waals surface area (Å²) in [6, 6.07) is 0. The Labute approximate surface area is 116 Å². The number of carboxylic acids is 1. The third-order valence-corrected chi connectivity index (χ3v) is 4.82. The molecule has 0 saturated carbocycles. The van der Waals surface area contributed by atoms with Gasteiger partial charge in [0, 0.05) is 19.5 Å². The Bertz CT molecular complexity index is 334. The highest BCUT2D eigenvalue weighted by Gasteiger charge is 2.39. The van der Waals surface area contributed by atoms with Gasteiger partial charge >= 0.3 is 5.97 Å². The van der Waals surface area contributed by atoms with E-state index < -0.39 is 11.4 Å². The lowest BCUT2D eigenvalue weighted by Crippen LogP contribution is -2.38. The number of amides is 1. The van der Waals surface area contributed by atoms with E-state index in [0.29, 0.717) is 24.7 Å². The zero-order chi connectivity index (χ0) is 14.6. The molecule has 4 heteroatoms. The topological polar surface area (TPSA) is 57.6 Å². The van der Waals surface area contributed by atoms with E-state index in [4.69, 9.17) is 0 Å². The molecule has 0 aromatic heterocycles. The van der Waals surface area contributed by atoms with Crippen LogP contribution in [0.25, 0.3) is 0 Å². The highest BCUT2D eigenvalue weighted by Crippen LogP contribution is 2.33. The van der Waals surface area contributed by atoms with Crippen LogP contribution in [0.4, 0.5) is 0 Å². The van der Waals surface area contributed by atoms with Crippen LogP contribution in [-0.4, -0.2) is 35.0 Å². The lowest BCUT2D eigenvalue weighted by Gasteiger charge is -2.28. The highest BCUT2D eigenvalue weighted by atomic mass is 16.4. The lowest BCUT2D eigenvalue weighted by atomic mass is 9.79. The smallest absolute Gasteiger partial charge is 0.310 e. The molecule has 0 bridgehead atoms. The zero-order valence-corrected chi connectivity index (χ0v) is 12.6. The largest absolute Gasteiger partial charge is 0.481 e. The summed E-state index contributed by atoms with van der Waals surface area (Å²) in [7, 11) is 0. The molecular formula is C15H27NO3. The van der Waals surface area contributed by atoms with Gasteiger partial charge in [0.1, 0.15) is 0 Å². The third kappa shape index (κ3) is 3.48. The van der Waals surface area contributed by atoms with Crippen molar-refractivity contribution >= 4 is 11.9 Å². The first-order valence-electron chi connectivity index (χ1n) is 7.37. The van der Waals surface area contributed by atoms with Gasteiger partial charge < -0.3 is 10.0 Å². The maximum Gasteiger partial charge on any atom is 0.310 e. The van der Waals surface area contributed by atoms with Crippen LogP contribution in [-0.2, 0) is 9.59 Å². The molecule has 1 saturated heterocycles. The van der Waals surface area contributed by atoms with Crippen molar-refractivity contribution < 1.29 is 14.7 Å². The predicted molar refractivity (Wildman–Crippen MR) is 74.8 cm³/mol. The first-order valence-corrected chi connectivity index (χ1v) is 7.37. The average molecular weight is 269 g/mol. The van der Waals surface area contributed by atoms with Crippen LogP contribution in [0.3, 0.4) is 0 Å². The summed E-state index contributed by atoms with van der Waals surface area (Å²) < 4.78 is 0. The summed E-state index contributed by atoms with van der Waals surface area (Å²) in [5.41, 5.74) is -0.882. The van der Waals surface area contributed by atoms with Crippen LogP contribution in [0.5, 0.6) is 0 Å². The van der Waals surface area contributed by atoms with Gasteiger partial charge in [-0.15, -0.1) is 0 Å². The van der Waals surface area contributed by atoms with Crippen LogP contribution in [0.1, 0.15) is 53.4 Å². The van der Waals surface area contributed by atoms with Gasteiger partial charge in [0.2, 0.25) is 5.91 Å². The summed E-state index contributed by atoms with van der Waals surface area (Å²) in [4.78, 5) is 25.6. The van der Waals surface area contributed by atoms with Crippen LogP contribution in [0, 0.1) is 17.3 Å². The number of hydrogen-bond acceptors (Lipinski definition) is 2. The van der Waals surface area contributed by atoms with Gasteiger partial charge in [-0.05, 0) is 31.1 Å². The fourth-order valence-corrected chi connectivity index (χ4v) is 2.84. The van der Waals surface area contributed by atoms with Gasteiger partial charge in [-0.2, -0.15) is 0 Å². The Hall–Kier alpha value is -1.06. The van der Waals surface area contributed by atoms with E-state index in [2.05, 4.69) is 13.8 Å². The van der Waals surface area contributed by atoms with E-state index in [0.717, 1.165) is 19.5 Å². The Morgan fingerprint density at radius 3 is 2.26 bits per heavy atom. The van der Waals surface area contributed by atoms with Crippen molar-refractivity contribution in [2.45, 2.75) is 53.4 Å². The molecule has 1 heterocycles. The number of hydrogen-bond donors (Lipinski definition) is 1. The summed E-state index contributed by atoms with van der Waals surface area (Å²) in [5, 5.41) is 9.38. The summed E-state index contributed by atoms with van der Waals surface area (Å²) in [6.45, 7) is 9.64. The van der Waals surface area contributed by atoms with Crippen LogP contribution in [0.15, 0.2) is 0 Å². The molecule has 1 amide bonds. The van der Waals surface area contributed by atoms with E-state index in [1.54, 1.807) is 0 Å². The molecule has 1 fully saturated rings.